The Bertz CT molecular complexity index is 351. The Labute approximate surface area is 112 Å². The zero-order chi connectivity index (χ0) is 12.3. The van der Waals surface area contributed by atoms with Gasteiger partial charge in [-0.25, -0.2) is 4.98 Å². The van der Waals surface area contributed by atoms with Gasteiger partial charge in [-0.3, -0.25) is 4.90 Å². The Hall–Kier alpha value is -0.260. The quantitative estimate of drug-likeness (QED) is 0.841. The van der Waals surface area contributed by atoms with Crippen LogP contribution in [0, 0.1) is 0 Å². The highest BCUT2D eigenvalue weighted by atomic mass is 32.2. The molecule has 1 saturated heterocycles. The van der Waals surface area contributed by atoms with Gasteiger partial charge in [-0.05, 0) is 13.0 Å². The van der Waals surface area contributed by atoms with E-state index in [4.69, 9.17) is 0 Å². The lowest BCUT2D eigenvalue weighted by atomic mass is 10.3. The van der Waals surface area contributed by atoms with Crippen LogP contribution in [0.1, 0.15) is 18.2 Å². The third-order valence-corrected chi connectivity index (χ3v) is 5.34. The Morgan fingerprint density at radius 3 is 3.00 bits per heavy atom. The number of aromatic nitrogens is 1. The minimum atomic E-state index is 0.818. The molecule has 3 nitrogen and oxygen atoms in total. The van der Waals surface area contributed by atoms with Crippen molar-refractivity contribution in [1.29, 1.82) is 0 Å². The summed E-state index contributed by atoms with van der Waals surface area (Å²) in [7, 11) is 4.10. The van der Waals surface area contributed by atoms with Crippen LogP contribution in [0.3, 0.4) is 0 Å². The smallest absolute Gasteiger partial charge is 0.185 e. The molecule has 1 aromatic heterocycles. The first-order chi connectivity index (χ1) is 8.15. The monoisotopic (exact) mass is 271 g/mol. The van der Waals surface area contributed by atoms with Crippen LogP contribution in [0.5, 0.6) is 0 Å². The summed E-state index contributed by atoms with van der Waals surface area (Å²) in [5.41, 5.74) is 0. The maximum atomic E-state index is 4.43. The maximum Gasteiger partial charge on any atom is 0.185 e. The largest absolute Gasteiger partial charge is 0.354 e. The highest BCUT2D eigenvalue weighted by Crippen LogP contribution is 2.24. The van der Waals surface area contributed by atoms with Crippen LogP contribution in [0.4, 0.5) is 5.13 Å². The molecule has 1 atom stereocenters. The SMILES string of the molecule is CC1CCN(Cc2cnc(N(C)C)s2)CCS1. The lowest BCUT2D eigenvalue weighted by Gasteiger charge is -2.18. The Balaban J connectivity index is 1.90. The highest BCUT2D eigenvalue weighted by Gasteiger charge is 2.15. The molecule has 1 fully saturated rings. The van der Waals surface area contributed by atoms with Gasteiger partial charge in [-0.15, -0.1) is 11.3 Å². The predicted octanol–water partition coefficient (Wildman–Crippen LogP) is 2.54. The number of anilines is 1. The minimum Gasteiger partial charge on any atom is -0.354 e. The highest BCUT2D eigenvalue weighted by molar-refractivity contribution is 7.99. The van der Waals surface area contributed by atoms with Gasteiger partial charge >= 0.3 is 0 Å². The Morgan fingerprint density at radius 2 is 2.29 bits per heavy atom. The van der Waals surface area contributed by atoms with Crippen molar-refractivity contribution in [3.05, 3.63) is 11.1 Å². The van der Waals surface area contributed by atoms with Crippen LogP contribution in [-0.2, 0) is 6.54 Å². The maximum absolute atomic E-state index is 4.43. The molecule has 0 aromatic carbocycles. The number of hydrogen-bond donors (Lipinski definition) is 0. The average molecular weight is 271 g/mol. The van der Waals surface area contributed by atoms with Crippen molar-refractivity contribution < 1.29 is 0 Å². The first-order valence-corrected chi connectivity index (χ1v) is 7.97. The molecule has 1 unspecified atom stereocenters. The Morgan fingerprint density at radius 1 is 1.47 bits per heavy atom. The van der Waals surface area contributed by atoms with Crippen molar-refractivity contribution in [3.8, 4) is 0 Å². The molecule has 1 aliphatic rings. The number of rotatable bonds is 3. The lowest BCUT2D eigenvalue weighted by Crippen LogP contribution is -2.25. The summed E-state index contributed by atoms with van der Waals surface area (Å²) >= 11 is 3.91. The summed E-state index contributed by atoms with van der Waals surface area (Å²) < 4.78 is 0. The van der Waals surface area contributed by atoms with Crippen LogP contribution in [-0.4, -0.2) is 48.1 Å². The minimum absolute atomic E-state index is 0.818. The molecule has 0 radical (unpaired) electrons. The fraction of sp³-hybridized carbons (Fsp3) is 0.750. The molecule has 2 heterocycles. The van der Waals surface area contributed by atoms with Crippen LogP contribution in [0.2, 0.25) is 0 Å². The zero-order valence-corrected chi connectivity index (χ0v) is 12.5. The van der Waals surface area contributed by atoms with Gasteiger partial charge in [0.25, 0.3) is 0 Å². The average Bonchev–Trinajstić information content (AvgIpc) is 2.65. The van der Waals surface area contributed by atoms with Crippen molar-refractivity contribution >= 4 is 28.2 Å². The van der Waals surface area contributed by atoms with Gasteiger partial charge in [-0.1, -0.05) is 6.92 Å². The van der Waals surface area contributed by atoms with Crippen molar-refractivity contribution in [2.45, 2.75) is 25.1 Å². The van der Waals surface area contributed by atoms with E-state index in [1.165, 1.54) is 30.1 Å². The second kappa shape index (κ2) is 6.07. The van der Waals surface area contributed by atoms with Crippen molar-refractivity contribution in [2.24, 2.45) is 0 Å². The molecular formula is C12H21N3S2. The van der Waals surface area contributed by atoms with Gasteiger partial charge in [0.2, 0.25) is 0 Å². The molecule has 1 aliphatic heterocycles. The van der Waals surface area contributed by atoms with E-state index in [0.717, 1.165) is 16.9 Å². The van der Waals surface area contributed by atoms with Gasteiger partial charge in [-0.2, -0.15) is 11.8 Å². The zero-order valence-electron chi connectivity index (χ0n) is 10.8. The third-order valence-electron chi connectivity index (χ3n) is 2.97. The van der Waals surface area contributed by atoms with E-state index in [1.807, 2.05) is 31.6 Å². The van der Waals surface area contributed by atoms with Crippen LogP contribution < -0.4 is 4.90 Å². The summed E-state index contributed by atoms with van der Waals surface area (Å²) in [5, 5.41) is 1.93. The first-order valence-electron chi connectivity index (χ1n) is 6.11. The third kappa shape index (κ3) is 3.86. The van der Waals surface area contributed by atoms with Gasteiger partial charge in [0, 0.05) is 49.3 Å². The second-order valence-corrected chi connectivity index (χ2v) is 7.39. The summed E-state index contributed by atoms with van der Waals surface area (Å²) in [6.07, 6.45) is 3.34. The Kier molecular flexibility index (Phi) is 4.70. The van der Waals surface area contributed by atoms with E-state index in [1.54, 1.807) is 0 Å². The lowest BCUT2D eigenvalue weighted by molar-refractivity contribution is 0.286. The first kappa shape index (κ1) is 13.2. The fourth-order valence-corrected chi connectivity index (χ4v) is 3.81. The fourth-order valence-electron chi connectivity index (χ4n) is 1.90. The van der Waals surface area contributed by atoms with Gasteiger partial charge in [0.15, 0.2) is 5.13 Å². The summed E-state index contributed by atoms with van der Waals surface area (Å²) in [6, 6.07) is 0. The van der Waals surface area contributed by atoms with Crippen LogP contribution in [0.25, 0.3) is 0 Å². The molecule has 0 bridgehead atoms. The van der Waals surface area contributed by atoms with E-state index in [2.05, 4.69) is 33.5 Å². The van der Waals surface area contributed by atoms with Crippen molar-refractivity contribution in [3.63, 3.8) is 0 Å². The molecule has 0 aliphatic carbocycles. The number of nitrogens with zero attached hydrogens (tertiary/aromatic N) is 3. The number of thioether (sulfide) groups is 1. The molecule has 0 spiro atoms. The predicted molar refractivity (Wildman–Crippen MR) is 78.3 cm³/mol. The molecule has 0 N–H and O–H groups in total. The normalized spacial score (nSPS) is 22.4. The van der Waals surface area contributed by atoms with Gasteiger partial charge < -0.3 is 4.90 Å². The molecule has 0 amide bonds. The van der Waals surface area contributed by atoms with Crippen molar-refractivity contribution in [2.75, 3.05) is 37.8 Å². The van der Waals surface area contributed by atoms with E-state index in [9.17, 15) is 0 Å². The molecule has 0 saturated carbocycles. The van der Waals surface area contributed by atoms with E-state index < -0.39 is 0 Å². The molecule has 17 heavy (non-hydrogen) atoms. The summed E-state index contributed by atoms with van der Waals surface area (Å²) in [6.45, 7) is 5.84. The van der Waals surface area contributed by atoms with E-state index in [0.29, 0.717) is 0 Å². The van der Waals surface area contributed by atoms with Crippen LogP contribution in [0.15, 0.2) is 6.20 Å². The van der Waals surface area contributed by atoms with Crippen LogP contribution >= 0.6 is 23.1 Å². The number of hydrogen-bond acceptors (Lipinski definition) is 5. The van der Waals surface area contributed by atoms with Gasteiger partial charge in [0.05, 0.1) is 0 Å². The summed E-state index contributed by atoms with van der Waals surface area (Å²) in [5.74, 6) is 1.26. The van der Waals surface area contributed by atoms with Crippen molar-refractivity contribution in [1.82, 2.24) is 9.88 Å². The summed E-state index contributed by atoms with van der Waals surface area (Å²) in [4.78, 5) is 10.5. The van der Waals surface area contributed by atoms with Gasteiger partial charge in [0.1, 0.15) is 0 Å². The van der Waals surface area contributed by atoms with E-state index in [-0.39, 0.29) is 0 Å². The number of thiazole rings is 1. The molecule has 2 rings (SSSR count). The standard InChI is InChI=1S/C12H21N3S2/c1-10-4-5-15(6-7-16-10)9-11-8-13-12(17-11)14(2)3/h8,10H,4-7,9H2,1-3H3. The van der Waals surface area contributed by atoms with E-state index >= 15 is 0 Å². The molecular weight excluding hydrogens is 250 g/mol. The molecule has 5 heteroatoms. The molecule has 96 valence electrons. The topological polar surface area (TPSA) is 19.4 Å². The molecule has 1 aromatic rings. The second-order valence-electron chi connectivity index (χ2n) is 4.75.